The first-order chi connectivity index (χ1) is 12.2. The van der Waals surface area contributed by atoms with Crippen molar-refractivity contribution in [2.45, 2.75) is 6.54 Å². The minimum atomic E-state index is 0.679. The van der Waals surface area contributed by atoms with Crippen molar-refractivity contribution < 1.29 is 13.9 Å². The van der Waals surface area contributed by atoms with Crippen molar-refractivity contribution in [1.82, 2.24) is 9.80 Å². The summed E-state index contributed by atoms with van der Waals surface area (Å²) in [6.45, 7) is 4.53. The highest BCUT2D eigenvalue weighted by Crippen LogP contribution is 2.29. The van der Waals surface area contributed by atoms with Crippen molar-refractivity contribution in [2.24, 2.45) is 0 Å². The van der Waals surface area contributed by atoms with E-state index in [9.17, 15) is 0 Å². The first kappa shape index (κ1) is 17.6. The Kier molecular flexibility index (Phi) is 5.78. The number of hydrogen-bond donors (Lipinski definition) is 1. The van der Waals surface area contributed by atoms with Crippen LogP contribution in [0.1, 0.15) is 5.76 Å². The summed E-state index contributed by atoms with van der Waals surface area (Å²) in [5.74, 6) is 2.38. The molecule has 1 aromatic heterocycles. The fourth-order valence-corrected chi connectivity index (χ4v) is 3.15. The lowest BCUT2D eigenvalue weighted by atomic mass is 10.2. The molecule has 2 aromatic rings. The summed E-state index contributed by atoms with van der Waals surface area (Å²) in [6.07, 6.45) is 1.72. The van der Waals surface area contributed by atoms with Crippen LogP contribution >= 0.6 is 12.2 Å². The minimum absolute atomic E-state index is 0.679. The Bertz CT molecular complexity index is 698. The number of benzene rings is 1. The van der Waals surface area contributed by atoms with Crippen LogP contribution in [-0.2, 0) is 6.54 Å². The Balaban J connectivity index is 1.52. The number of piperazine rings is 1. The molecule has 1 fully saturated rings. The van der Waals surface area contributed by atoms with Crippen molar-refractivity contribution in [2.75, 3.05) is 45.7 Å². The second-order valence-corrected chi connectivity index (χ2v) is 6.23. The van der Waals surface area contributed by atoms with Crippen LogP contribution in [0.15, 0.2) is 41.0 Å². The van der Waals surface area contributed by atoms with E-state index in [0.29, 0.717) is 11.5 Å². The zero-order valence-corrected chi connectivity index (χ0v) is 15.3. The monoisotopic (exact) mass is 361 g/mol. The Morgan fingerprint density at radius 2 is 1.88 bits per heavy atom. The molecule has 0 radical (unpaired) electrons. The van der Waals surface area contributed by atoms with Gasteiger partial charge in [0.2, 0.25) is 0 Å². The third-order valence-corrected chi connectivity index (χ3v) is 4.61. The topological polar surface area (TPSA) is 50.1 Å². The van der Waals surface area contributed by atoms with Gasteiger partial charge in [0.1, 0.15) is 5.76 Å². The zero-order valence-electron chi connectivity index (χ0n) is 14.5. The van der Waals surface area contributed by atoms with Crippen molar-refractivity contribution >= 4 is 23.0 Å². The number of ether oxygens (including phenoxy) is 2. The van der Waals surface area contributed by atoms with E-state index in [0.717, 1.165) is 49.3 Å². The van der Waals surface area contributed by atoms with Gasteiger partial charge in [-0.05, 0) is 36.5 Å². The van der Waals surface area contributed by atoms with Crippen LogP contribution in [0.3, 0.4) is 0 Å². The molecule has 0 aliphatic carbocycles. The maximum Gasteiger partial charge on any atom is 0.173 e. The Morgan fingerprint density at radius 3 is 2.52 bits per heavy atom. The second-order valence-electron chi connectivity index (χ2n) is 5.84. The summed E-state index contributed by atoms with van der Waals surface area (Å²) in [6, 6.07) is 9.62. The van der Waals surface area contributed by atoms with Crippen molar-refractivity contribution in [3.8, 4) is 11.5 Å². The standard InChI is InChI=1S/C18H23N3O3S/c1-22-16-6-5-14(12-17(16)23-2)19-18(25)21-9-7-20(8-10-21)13-15-4-3-11-24-15/h3-6,11-12H,7-10,13H2,1-2H3,(H,19,25). The van der Waals surface area contributed by atoms with Crippen LogP contribution in [0.4, 0.5) is 5.69 Å². The van der Waals surface area contributed by atoms with Gasteiger partial charge in [-0.25, -0.2) is 0 Å². The Labute approximate surface area is 153 Å². The zero-order chi connectivity index (χ0) is 17.6. The molecule has 6 nitrogen and oxygen atoms in total. The third kappa shape index (κ3) is 4.43. The van der Waals surface area contributed by atoms with E-state index in [-0.39, 0.29) is 0 Å². The van der Waals surface area contributed by atoms with Gasteiger partial charge < -0.3 is 24.1 Å². The van der Waals surface area contributed by atoms with E-state index in [4.69, 9.17) is 26.1 Å². The molecule has 0 amide bonds. The van der Waals surface area contributed by atoms with Crippen molar-refractivity contribution in [3.63, 3.8) is 0 Å². The summed E-state index contributed by atoms with van der Waals surface area (Å²) in [5.41, 5.74) is 0.890. The highest BCUT2D eigenvalue weighted by Gasteiger charge is 2.20. The molecule has 0 bridgehead atoms. The summed E-state index contributed by atoms with van der Waals surface area (Å²) in [7, 11) is 3.25. The first-order valence-corrected chi connectivity index (χ1v) is 8.63. The molecule has 1 N–H and O–H groups in total. The van der Waals surface area contributed by atoms with Crippen LogP contribution in [0, 0.1) is 0 Å². The fourth-order valence-electron chi connectivity index (χ4n) is 2.85. The number of hydrogen-bond acceptors (Lipinski definition) is 5. The van der Waals surface area contributed by atoms with Crippen molar-refractivity contribution in [3.05, 3.63) is 42.4 Å². The third-order valence-electron chi connectivity index (χ3n) is 4.25. The number of furan rings is 1. The van der Waals surface area contributed by atoms with Gasteiger partial charge in [-0.1, -0.05) is 0 Å². The molecule has 0 spiro atoms. The SMILES string of the molecule is COc1ccc(NC(=S)N2CCN(Cc3ccco3)CC2)cc1OC. The molecule has 1 aliphatic heterocycles. The Morgan fingerprint density at radius 1 is 1.12 bits per heavy atom. The number of nitrogens with one attached hydrogen (secondary N) is 1. The second kappa shape index (κ2) is 8.22. The van der Waals surface area contributed by atoms with Gasteiger partial charge in [-0.15, -0.1) is 0 Å². The lowest BCUT2D eigenvalue weighted by Crippen LogP contribution is -2.49. The van der Waals surface area contributed by atoms with Gasteiger partial charge >= 0.3 is 0 Å². The van der Waals surface area contributed by atoms with Gasteiger partial charge in [0, 0.05) is 37.9 Å². The largest absolute Gasteiger partial charge is 0.493 e. The fraction of sp³-hybridized carbons (Fsp3) is 0.389. The molecule has 1 saturated heterocycles. The predicted octanol–water partition coefficient (Wildman–Crippen LogP) is 2.81. The number of methoxy groups -OCH3 is 2. The van der Waals surface area contributed by atoms with E-state index >= 15 is 0 Å². The van der Waals surface area contributed by atoms with E-state index in [2.05, 4.69) is 15.1 Å². The van der Waals surface area contributed by atoms with Gasteiger partial charge in [-0.3, -0.25) is 4.90 Å². The van der Waals surface area contributed by atoms with Gasteiger partial charge in [0.15, 0.2) is 16.6 Å². The van der Waals surface area contributed by atoms with Crippen LogP contribution in [0.5, 0.6) is 11.5 Å². The normalized spacial score (nSPS) is 15.0. The predicted molar refractivity (Wildman–Crippen MR) is 101 cm³/mol. The van der Waals surface area contributed by atoms with E-state index in [1.54, 1.807) is 20.5 Å². The molecular weight excluding hydrogens is 338 g/mol. The highest BCUT2D eigenvalue weighted by molar-refractivity contribution is 7.80. The molecule has 134 valence electrons. The highest BCUT2D eigenvalue weighted by atomic mass is 32.1. The maximum absolute atomic E-state index is 5.56. The maximum atomic E-state index is 5.56. The molecule has 0 unspecified atom stereocenters. The van der Waals surface area contributed by atoms with E-state index < -0.39 is 0 Å². The lowest BCUT2D eigenvalue weighted by Gasteiger charge is -2.35. The molecule has 1 aliphatic rings. The van der Waals surface area contributed by atoms with Gasteiger partial charge in [0.25, 0.3) is 0 Å². The molecule has 25 heavy (non-hydrogen) atoms. The van der Waals surface area contributed by atoms with Crippen LogP contribution in [0.2, 0.25) is 0 Å². The quantitative estimate of drug-likeness (QED) is 0.822. The molecule has 7 heteroatoms. The molecule has 0 atom stereocenters. The first-order valence-electron chi connectivity index (χ1n) is 8.22. The van der Waals surface area contributed by atoms with Crippen LogP contribution < -0.4 is 14.8 Å². The smallest absolute Gasteiger partial charge is 0.173 e. The minimum Gasteiger partial charge on any atom is -0.493 e. The molecule has 1 aromatic carbocycles. The molecule has 2 heterocycles. The molecule has 0 saturated carbocycles. The van der Waals surface area contributed by atoms with Gasteiger partial charge in [0.05, 0.1) is 27.0 Å². The average Bonchev–Trinajstić information content (AvgIpc) is 3.15. The van der Waals surface area contributed by atoms with Crippen LogP contribution in [-0.4, -0.2) is 55.3 Å². The summed E-state index contributed by atoms with van der Waals surface area (Å²) < 4.78 is 16.0. The number of nitrogens with zero attached hydrogens (tertiary/aromatic N) is 2. The summed E-state index contributed by atoms with van der Waals surface area (Å²) in [4.78, 5) is 4.55. The lowest BCUT2D eigenvalue weighted by molar-refractivity contribution is 0.166. The van der Waals surface area contributed by atoms with E-state index in [1.165, 1.54) is 0 Å². The summed E-state index contributed by atoms with van der Waals surface area (Å²) >= 11 is 5.56. The van der Waals surface area contributed by atoms with Gasteiger partial charge in [-0.2, -0.15) is 0 Å². The summed E-state index contributed by atoms with van der Waals surface area (Å²) in [5, 5.41) is 4.01. The number of rotatable bonds is 5. The number of anilines is 1. The average molecular weight is 361 g/mol. The van der Waals surface area contributed by atoms with Crippen molar-refractivity contribution in [1.29, 1.82) is 0 Å². The number of thiocarbonyl (C=S) groups is 1. The van der Waals surface area contributed by atoms with E-state index in [1.807, 2.05) is 30.3 Å². The van der Waals surface area contributed by atoms with Crippen LogP contribution in [0.25, 0.3) is 0 Å². The Hall–Kier alpha value is -2.25. The molecule has 3 rings (SSSR count). The molecular formula is C18H23N3O3S.